The van der Waals surface area contributed by atoms with E-state index in [1.165, 1.54) is 19.4 Å². The summed E-state index contributed by atoms with van der Waals surface area (Å²) in [5.41, 5.74) is 5.82. The summed E-state index contributed by atoms with van der Waals surface area (Å²) in [7, 11) is 2.20. The molecule has 1 saturated carbocycles. The van der Waals surface area contributed by atoms with Gasteiger partial charge in [0.15, 0.2) is 0 Å². The van der Waals surface area contributed by atoms with Crippen molar-refractivity contribution in [3.8, 4) is 0 Å². The Morgan fingerprint density at radius 2 is 2.00 bits per heavy atom. The molecule has 2 aliphatic rings. The molecule has 3 nitrogen and oxygen atoms in total. The summed E-state index contributed by atoms with van der Waals surface area (Å²) in [6.07, 6.45) is 2.79. The van der Waals surface area contributed by atoms with Crippen molar-refractivity contribution in [3.63, 3.8) is 0 Å². The van der Waals surface area contributed by atoms with Crippen LogP contribution in [0, 0.1) is 0 Å². The average molecular weight is 183 g/mol. The Balaban J connectivity index is 2.02. The van der Waals surface area contributed by atoms with Crippen LogP contribution in [0.2, 0.25) is 0 Å². The molecule has 1 heterocycles. The highest BCUT2D eigenvalue weighted by molar-refractivity contribution is 4.96. The summed E-state index contributed by atoms with van der Waals surface area (Å²) in [5, 5.41) is 0. The number of rotatable bonds is 2. The molecule has 0 radical (unpaired) electrons. The second kappa shape index (κ2) is 3.56. The molecule has 0 spiro atoms. The minimum absolute atomic E-state index is 0.598. The van der Waals surface area contributed by atoms with Crippen molar-refractivity contribution in [1.82, 2.24) is 9.80 Å². The van der Waals surface area contributed by atoms with Gasteiger partial charge in [0.2, 0.25) is 0 Å². The van der Waals surface area contributed by atoms with E-state index < -0.39 is 0 Å². The second-order valence-corrected chi connectivity index (χ2v) is 4.64. The largest absolute Gasteiger partial charge is 0.329 e. The highest BCUT2D eigenvalue weighted by Crippen LogP contribution is 2.32. The smallest absolute Gasteiger partial charge is 0.0351 e. The van der Waals surface area contributed by atoms with Gasteiger partial charge in [-0.15, -0.1) is 0 Å². The van der Waals surface area contributed by atoms with Gasteiger partial charge in [0, 0.05) is 37.8 Å². The fourth-order valence-corrected chi connectivity index (χ4v) is 2.66. The molecule has 3 heteroatoms. The zero-order valence-electron chi connectivity index (χ0n) is 8.74. The van der Waals surface area contributed by atoms with E-state index in [0.717, 1.165) is 19.1 Å². The summed E-state index contributed by atoms with van der Waals surface area (Å²) in [6.45, 7) is 5.49. The standard InChI is InChI=1S/C10H21N3/c1-8-6-12(2)7-10(5-11)13(8)9-3-4-9/h8-10H,3-7,11H2,1-2H3. The van der Waals surface area contributed by atoms with Crippen LogP contribution in [0.1, 0.15) is 19.8 Å². The van der Waals surface area contributed by atoms with Crippen molar-refractivity contribution in [3.05, 3.63) is 0 Å². The van der Waals surface area contributed by atoms with Gasteiger partial charge >= 0.3 is 0 Å². The van der Waals surface area contributed by atoms with Crippen LogP contribution >= 0.6 is 0 Å². The summed E-state index contributed by atoms with van der Waals surface area (Å²) >= 11 is 0. The Labute approximate surface area is 80.9 Å². The first-order valence-electron chi connectivity index (χ1n) is 5.38. The minimum atomic E-state index is 0.598. The van der Waals surface area contributed by atoms with Crippen LogP contribution in [0.15, 0.2) is 0 Å². The average Bonchev–Trinajstić information content (AvgIpc) is 2.86. The van der Waals surface area contributed by atoms with E-state index in [1.54, 1.807) is 0 Å². The molecular formula is C10H21N3. The summed E-state index contributed by atoms with van der Waals surface area (Å²) < 4.78 is 0. The first kappa shape index (κ1) is 9.44. The van der Waals surface area contributed by atoms with E-state index in [1.807, 2.05) is 0 Å². The summed E-state index contributed by atoms with van der Waals surface area (Å²) in [4.78, 5) is 5.06. The lowest BCUT2D eigenvalue weighted by atomic mass is 10.1. The quantitative estimate of drug-likeness (QED) is 0.659. The zero-order chi connectivity index (χ0) is 9.42. The monoisotopic (exact) mass is 183 g/mol. The van der Waals surface area contributed by atoms with Crippen molar-refractivity contribution in [2.75, 3.05) is 26.7 Å². The molecule has 13 heavy (non-hydrogen) atoms. The van der Waals surface area contributed by atoms with Crippen molar-refractivity contribution < 1.29 is 0 Å². The fraction of sp³-hybridized carbons (Fsp3) is 1.00. The maximum atomic E-state index is 5.82. The Bertz CT molecular complexity index is 179. The van der Waals surface area contributed by atoms with Gasteiger partial charge in [-0.3, -0.25) is 4.90 Å². The predicted molar refractivity (Wildman–Crippen MR) is 54.7 cm³/mol. The highest BCUT2D eigenvalue weighted by atomic mass is 15.3. The number of nitrogens with zero attached hydrogens (tertiary/aromatic N) is 2. The fourth-order valence-electron chi connectivity index (χ4n) is 2.66. The van der Waals surface area contributed by atoms with Crippen LogP contribution in [-0.2, 0) is 0 Å². The molecule has 2 unspecified atom stereocenters. The lowest BCUT2D eigenvalue weighted by Crippen LogP contribution is -2.59. The van der Waals surface area contributed by atoms with E-state index in [-0.39, 0.29) is 0 Å². The molecule has 76 valence electrons. The van der Waals surface area contributed by atoms with E-state index in [0.29, 0.717) is 12.1 Å². The Morgan fingerprint density at radius 1 is 1.31 bits per heavy atom. The lowest BCUT2D eigenvalue weighted by molar-refractivity contribution is 0.0408. The number of hydrogen-bond donors (Lipinski definition) is 1. The summed E-state index contributed by atoms with van der Waals surface area (Å²) in [6, 6.07) is 2.15. The molecular weight excluding hydrogens is 162 g/mol. The van der Waals surface area contributed by atoms with E-state index in [9.17, 15) is 0 Å². The van der Waals surface area contributed by atoms with Gasteiger partial charge in [0.1, 0.15) is 0 Å². The van der Waals surface area contributed by atoms with Crippen molar-refractivity contribution in [2.24, 2.45) is 5.73 Å². The van der Waals surface area contributed by atoms with Gasteiger partial charge < -0.3 is 10.6 Å². The van der Waals surface area contributed by atoms with Crippen LogP contribution < -0.4 is 5.73 Å². The third kappa shape index (κ3) is 1.87. The normalized spacial score (nSPS) is 38.1. The Kier molecular flexibility index (Phi) is 2.58. The summed E-state index contributed by atoms with van der Waals surface area (Å²) in [5.74, 6) is 0. The number of hydrogen-bond acceptors (Lipinski definition) is 3. The van der Waals surface area contributed by atoms with Gasteiger partial charge in [-0.25, -0.2) is 0 Å². The number of likely N-dealkylation sites (N-methyl/N-ethyl adjacent to an activating group) is 1. The first-order chi connectivity index (χ1) is 6.22. The Morgan fingerprint density at radius 3 is 2.54 bits per heavy atom. The van der Waals surface area contributed by atoms with Gasteiger partial charge in [0.05, 0.1) is 0 Å². The SMILES string of the molecule is CC1CN(C)CC(CN)N1C1CC1. The molecule has 0 aromatic heterocycles. The van der Waals surface area contributed by atoms with Crippen LogP contribution in [-0.4, -0.2) is 54.6 Å². The third-order valence-corrected chi connectivity index (χ3v) is 3.27. The molecule has 2 fully saturated rings. The molecule has 2 atom stereocenters. The second-order valence-electron chi connectivity index (χ2n) is 4.64. The first-order valence-corrected chi connectivity index (χ1v) is 5.38. The van der Waals surface area contributed by atoms with Crippen molar-refractivity contribution in [1.29, 1.82) is 0 Å². The molecule has 0 bridgehead atoms. The third-order valence-electron chi connectivity index (χ3n) is 3.27. The van der Waals surface area contributed by atoms with Crippen molar-refractivity contribution >= 4 is 0 Å². The predicted octanol–water partition coefficient (Wildman–Crippen LogP) is 0.112. The maximum Gasteiger partial charge on any atom is 0.0351 e. The van der Waals surface area contributed by atoms with Crippen LogP contribution in [0.25, 0.3) is 0 Å². The lowest BCUT2D eigenvalue weighted by Gasteiger charge is -2.44. The maximum absolute atomic E-state index is 5.82. The van der Waals surface area contributed by atoms with Crippen LogP contribution in [0.5, 0.6) is 0 Å². The van der Waals surface area contributed by atoms with Gasteiger partial charge in [-0.05, 0) is 26.8 Å². The highest BCUT2D eigenvalue weighted by Gasteiger charge is 2.39. The van der Waals surface area contributed by atoms with E-state index in [4.69, 9.17) is 5.73 Å². The molecule has 1 aliphatic heterocycles. The van der Waals surface area contributed by atoms with Crippen LogP contribution in [0.3, 0.4) is 0 Å². The number of nitrogens with two attached hydrogens (primary N) is 1. The van der Waals surface area contributed by atoms with Gasteiger partial charge in [-0.2, -0.15) is 0 Å². The molecule has 1 saturated heterocycles. The van der Waals surface area contributed by atoms with Crippen molar-refractivity contribution in [2.45, 2.75) is 37.9 Å². The van der Waals surface area contributed by atoms with Gasteiger partial charge in [0.25, 0.3) is 0 Å². The van der Waals surface area contributed by atoms with E-state index >= 15 is 0 Å². The number of piperazine rings is 1. The molecule has 1 aliphatic carbocycles. The van der Waals surface area contributed by atoms with E-state index in [2.05, 4.69) is 23.8 Å². The van der Waals surface area contributed by atoms with Crippen LogP contribution in [0.4, 0.5) is 0 Å². The topological polar surface area (TPSA) is 32.5 Å². The molecule has 0 aromatic carbocycles. The van der Waals surface area contributed by atoms with Gasteiger partial charge in [-0.1, -0.05) is 0 Å². The molecule has 2 rings (SSSR count). The molecule has 0 aromatic rings. The zero-order valence-corrected chi connectivity index (χ0v) is 8.74. The Hall–Kier alpha value is -0.120. The molecule has 0 amide bonds. The molecule has 2 N–H and O–H groups in total. The minimum Gasteiger partial charge on any atom is -0.329 e.